The van der Waals surface area contributed by atoms with E-state index in [4.69, 9.17) is 20.3 Å². The largest absolute Gasteiger partial charge is 0.479 e. The van der Waals surface area contributed by atoms with Gasteiger partial charge in [-0.05, 0) is 102 Å². The number of carbonyl (C=O) groups excluding carboxylic acids is 4. The molecule has 0 saturated heterocycles. The molecule has 0 atom stereocenters. The first-order chi connectivity index (χ1) is 37.2. The molecular weight excluding hydrogens is 977 g/mol. The molecule has 3 heterocycles. The highest BCUT2D eigenvalue weighted by molar-refractivity contribution is 6.09. The van der Waals surface area contributed by atoms with E-state index in [9.17, 15) is 33.9 Å². The summed E-state index contributed by atoms with van der Waals surface area (Å²) in [4.78, 5) is 82.1. The highest BCUT2D eigenvalue weighted by atomic mass is 16.5. The highest BCUT2D eigenvalue weighted by Gasteiger charge is 2.47. The van der Waals surface area contributed by atoms with Gasteiger partial charge in [-0.1, -0.05) is 91.0 Å². The summed E-state index contributed by atoms with van der Waals surface area (Å²) in [5.74, 6) is -3.20. The van der Waals surface area contributed by atoms with Gasteiger partial charge in [-0.25, -0.2) is 14.4 Å². The number of aromatic amines is 3. The second-order valence-electron chi connectivity index (χ2n) is 19.4. The Morgan fingerprint density at radius 1 is 0.455 bits per heavy atom. The van der Waals surface area contributed by atoms with Crippen LogP contribution in [0.5, 0.6) is 0 Å². The molecule has 0 fully saturated rings. The summed E-state index contributed by atoms with van der Waals surface area (Å²) in [5, 5.41) is 26.7. The number of amides is 2. The third kappa shape index (κ3) is 11.0. The van der Waals surface area contributed by atoms with Crippen LogP contribution in [0.25, 0.3) is 32.7 Å². The van der Waals surface area contributed by atoms with Crippen molar-refractivity contribution in [2.24, 2.45) is 5.73 Å². The monoisotopic (exact) mass is 1030 g/mol. The lowest BCUT2D eigenvalue weighted by Gasteiger charge is -2.28. The molecule has 2 amide bonds. The van der Waals surface area contributed by atoms with Gasteiger partial charge in [0.2, 0.25) is 0 Å². The molecule has 392 valence electrons. The first-order valence-electron chi connectivity index (χ1n) is 25.3. The Labute approximate surface area is 443 Å². The maximum atomic E-state index is 13.0. The Balaban J connectivity index is 0.000000131. The maximum absolute atomic E-state index is 13.0. The number of H-pyrrole nitrogens is 3. The smallest absolute Gasteiger partial charge is 0.336 e. The normalized spacial score (nSPS) is 14.7. The van der Waals surface area contributed by atoms with Crippen molar-refractivity contribution in [3.05, 3.63) is 214 Å². The number of hydrogen-bond acceptors (Lipinski definition) is 9. The Morgan fingerprint density at radius 2 is 0.792 bits per heavy atom. The number of carboxylic acid groups (broad SMARTS) is 2. The van der Waals surface area contributed by atoms with E-state index in [1.54, 1.807) is 68.8 Å². The molecule has 3 aliphatic carbocycles. The molecule has 0 spiro atoms. The number of hydrogen-bond donors (Lipinski definition) is 8. The minimum Gasteiger partial charge on any atom is -0.479 e. The number of carbonyl (C=O) groups is 6. The van der Waals surface area contributed by atoms with Crippen molar-refractivity contribution in [2.45, 2.75) is 69.0 Å². The number of ether oxygens (including phenoxy) is 2. The van der Waals surface area contributed by atoms with Gasteiger partial charge < -0.3 is 51.0 Å². The molecule has 0 aliphatic heterocycles. The van der Waals surface area contributed by atoms with Crippen molar-refractivity contribution in [3.63, 3.8) is 0 Å². The van der Waals surface area contributed by atoms with Crippen LogP contribution in [0.4, 0.5) is 0 Å². The number of carboxylic acids is 2. The van der Waals surface area contributed by atoms with Crippen molar-refractivity contribution in [1.29, 1.82) is 0 Å². The van der Waals surface area contributed by atoms with Crippen LogP contribution in [0.15, 0.2) is 164 Å². The molecule has 3 aromatic heterocycles. The van der Waals surface area contributed by atoms with Crippen LogP contribution in [0.3, 0.4) is 0 Å². The van der Waals surface area contributed by atoms with Gasteiger partial charge in [0.25, 0.3) is 11.8 Å². The number of aliphatic carboxylic acids is 1. The SMILES string of the molecule is CCOC(=O)C1(N)Cc2ccccc2C1.CCOC(=O)C1(NC(=O)c2cccc3[nH]ccc23)Cc2ccccc2C1.O=C(NC1(C(=O)O)Cc2ccccc2C1)c1cccc2[nH]ccc12.O=C(O)c1cccc2[nH]ccc12. The summed E-state index contributed by atoms with van der Waals surface area (Å²) in [6, 6.07) is 45.0. The first kappa shape index (κ1) is 52.6. The number of nitrogens with two attached hydrogens (primary N) is 1. The van der Waals surface area contributed by atoms with Crippen LogP contribution < -0.4 is 16.4 Å². The average Bonchev–Trinajstić information content (AvgIpc) is 4.32. The number of rotatable bonds is 10. The van der Waals surface area contributed by atoms with E-state index in [0.717, 1.165) is 66.1 Å². The van der Waals surface area contributed by atoms with Crippen LogP contribution in [-0.4, -0.2) is 90.7 Å². The molecule has 77 heavy (non-hydrogen) atoms. The number of aromatic carboxylic acids is 1. The third-order valence-corrected chi connectivity index (χ3v) is 14.3. The molecule has 0 bridgehead atoms. The molecule has 0 saturated carbocycles. The van der Waals surface area contributed by atoms with Gasteiger partial charge in [0.15, 0.2) is 0 Å². The third-order valence-electron chi connectivity index (χ3n) is 14.3. The zero-order valence-corrected chi connectivity index (χ0v) is 42.5. The number of nitrogens with one attached hydrogen (secondary N) is 5. The van der Waals surface area contributed by atoms with Gasteiger partial charge in [0.1, 0.15) is 16.6 Å². The van der Waals surface area contributed by atoms with Gasteiger partial charge in [-0.3, -0.25) is 14.4 Å². The summed E-state index contributed by atoms with van der Waals surface area (Å²) in [6.07, 6.45) is 7.95. The fourth-order valence-electron chi connectivity index (χ4n) is 10.5. The predicted molar refractivity (Wildman–Crippen MR) is 292 cm³/mol. The lowest BCUT2D eigenvalue weighted by atomic mass is 9.94. The summed E-state index contributed by atoms with van der Waals surface area (Å²) in [7, 11) is 0. The number of benzene rings is 6. The summed E-state index contributed by atoms with van der Waals surface area (Å²) < 4.78 is 10.3. The van der Waals surface area contributed by atoms with E-state index < -0.39 is 28.6 Å². The fourth-order valence-corrected chi connectivity index (χ4v) is 10.5. The Kier molecular flexibility index (Phi) is 15.2. The second kappa shape index (κ2) is 22.3. The van der Waals surface area contributed by atoms with Crippen molar-refractivity contribution in [1.82, 2.24) is 25.6 Å². The Hall–Kier alpha value is -9.28. The van der Waals surface area contributed by atoms with E-state index in [0.29, 0.717) is 61.8 Å². The van der Waals surface area contributed by atoms with Crippen LogP contribution in [-0.2, 0) is 62.4 Å². The molecular formula is C61H58N6O10. The van der Waals surface area contributed by atoms with Gasteiger partial charge >= 0.3 is 23.9 Å². The van der Waals surface area contributed by atoms with E-state index in [-0.39, 0.29) is 30.4 Å². The molecule has 0 radical (unpaired) electrons. The molecule has 6 aromatic carbocycles. The fraction of sp³-hybridized carbons (Fsp3) is 0.213. The van der Waals surface area contributed by atoms with Crippen LogP contribution in [0.2, 0.25) is 0 Å². The quantitative estimate of drug-likeness (QED) is 0.0603. The van der Waals surface area contributed by atoms with E-state index >= 15 is 0 Å². The van der Waals surface area contributed by atoms with Crippen molar-refractivity contribution in [2.75, 3.05) is 13.2 Å². The molecule has 9 N–H and O–H groups in total. The first-order valence-corrected chi connectivity index (χ1v) is 25.3. The number of aromatic nitrogens is 3. The maximum Gasteiger partial charge on any atom is 0.336 e. The zero-order valence-electron chi connectivity index (χ0n) is 42.5. The van der Waals surface area contributed by atoms with E-state index in [1.807, 2.05) is 109 Å². The van der Waals surface area contributed by atoms with Crippen LogP contribution in [0.1, 0.15) is 78.3 Å². The zero-order chi connectivity index (χ0) is 54.3. The molecule has 3 aliphatic rings. The standard InChI is InChI=1S/C21H20N2O3.C19H16N2O3.C12H15NO2.C9H7NO2/c1-2-26-20(25)21(12-14-6-3-4-7-15(14)13-21)23-19(24)17-8-5-9-18-16(17)10-11-22-18;22-17(15-6-3-7-16-14(15)8-9-20-16)21-19(18(23)24)10-12-4-1-2-5-13(12)11-19;1-2-15-11(14)12(13)7-9-5-3-4-6-10(9)8-12;11-9(12)7-2-1-3-8-6(7)4-5-10-8/h3-11,22H,2,12-13H2,1H3,(H,23,24);1-9,20H,10-11H2,(H,21,22)(H,23,24);3-6H,2,7-8,13H2,1H3;1-5,10H,(H,11,12). The molecule has 16 nitrogen and oxygen atoms in total. The van der Waals surface area contributed by atoms with Gasteiger partial charge in [-0.15, -0.1) is 0 Å². The van der Waals surface area contributed by atoms with Crippen molar-refractivity contribution in [3.8, 4) is 0 Å². The summed E-state index contributed by atoms with van der Waals surface area (Å²) in [6.45, 7) is 4.23. The number of esters is 2. The van der Waals surface area contributed by atoms with Gasteiger partial charge in [0.05, 0.1) is 18.8 Å². The number of fused-ring (bicyclic) bond motifs is 6. The molecule has 16 heteroatoms. The van der Waals surface area contributed by atoms with Crippen molar-refractivity contribution < 1.29 is 48.5 Å². The highest BCUT2D eigenvalue weighted by Crippen LogP contribution is 2.34. The minimum atomic E-state index is -1.29. The Bertz CT molecular complexity index is 3610. The average molecular weight is 1040 g/mol. The lowest BCUT2D eigenvalue weighted by Crippen LogP contribution is -2.56. The minimum absolute atomic E-state index is 0.268. The lowest BCUT2D eigenvalue weighted by molar-refractivity contribution is -0.150. The molecule has 12 rings (SSSR count). The Morgan fingerprint density at radius 3 is 1.17 bits per heavy atom. The van der Waals surface area contributed by atoms with E-state index in [2.05, 4.69) is 25.6 Å². The summed E-state index contributed by atoms with van der Waals surface area (Å²) in [5.41, 5.74) is 13.2. The van der Waals surface area contributed by atoms with Gasteiger partial charge in [-0.2, -0.15) is 0 Å². The van der Waals surface area contributed by atoms with Crippen LogP contribution in [0, 0.1) is 0 Å². The predicted octanol–water partition coefficient (Wildman–Crippen LogP) is 8.43. The molecule has 9 aromatic rings. The summed E-state index contributed by atoms with van der Waals surface area (Å²) >= 11 is 0. The van der Waals surface area contributed by atoms with Crippen LogP contribution >= 0.6 is 0 Å². The van der Waals surface area contributed by atoms with Crippen molar-refractivity contribution >= 4 is 68.4 Å². The molecule has 0 unspecified atom stereocenters. The van der Waals surface area contributed by atoms with Gasteiger partial charge in [0, 0.05) is 101 Å². The topological polar surface area (TPSA) is 259 Å². The van der Waals surface area contributed by atoms with E-state index in [1.165, 1.54) is 0 Å². The second-order valence-corrected chi connectivity index (χ2v) is 19.4.